The lowest BCUT2D eigenvalue weighted by Crippen LogP contribution is -2.01. The first kappa shape index (κ1) is 12.8. The molecule has 0 saturated heterocycles. The van der Waals surface area contributed by atoms with Crippen LogP contribution in [-0.4, -0.2) is 14.9 Å². The number of hydrogen-bond acceptors (Lipinski definition) is 2. The largest absolute Gasteiger partial charge is 0.388 e. The molecule has 1 aromatic carbocycles. The third-order valence-corrected chi connectivity index (χ3v) is 3.19. The second-order valence-electron chi connectivity index (χ2n) is 5.06. The van der Waals surface area contributed by atoms with E-state index in [-0.39, 0.29) is 0 Å². The Morgan fingerprint density at radius 3 is 2.33 bits per heavy atom. The van der Waals surface area contributed by atoms with E-state index < -0.39 is 6.10 Å². The van der Waals surface area contributed by atoms with Crippen molar-refractivity contribution in [3.05, 3.63) is 53.3 Å². The molecule has 0 fully saturated rings. The SMILES string of the molecule is CC(C)c1ccc(CC(O)c2cnn(C)c2)cc1. The summed E-state index contributed by atoms with van der Waals surface area (Å²) in [6, 6.07) is 8.45. The van der Waals surface area contributed by atoms with Gasteiger partial charge in [0.15, 0.2) is 0 Å². The lowest BCUT2D eigenvalue weighted by Gasteiger charge is -2.10. The van der Waals surface area contributed by atoms with Gasteiger partial charge in [0.1, 0.15) is 0 Å². The van der Waals surface area contributed by atoms with Crippen molar-refractivity contribution in [3.8, 4) is 0 Å². The Kier molecular flexibility index (Phi) is 3.82. The number of aliphatic hydroxyl groups excluding tert-OH is 1. The van der Waals surface area contributed by atoms with Crippen molar-refractivity contribution in [2.45, 2.75) is 32.3 Å². The summed E-state index contributed by atoms with van der Waals surface area (Å²) in [5.74, 6) is 0.544. The van der Waals surface area contributed by atoms with Gasteiger partial charge in [-0.1, -0.05) is 38.1 Å². The summed E-state index contributed by atoms with van der Waals surface area (Å²) in [5.41, 5.74) is 3.34. The van der Waals surface area contributed by atoms with Crippen LogP contribution in [0, 0.1) is 0 Å². The molecule has 18 heavy (non-hydrogen) atoms. The second-order valence-corrected chi connectivity index (χ2v) is 5.06. The summed E-state index contributed by atoms with van der Waals surface area (Å²) < 4.78 is 1.71. The summed E-state index contributed by atoms with van der Waals surface area (Å²) in [4.78, 5) is 0. The molecule has 3 heteroatoms. The Balaban J connectivity index is 2.05. The highest BCUT2D eigenvalue weighted by Crippen LogP contribution is 2.20. The zero-order valence-corrected chi connectivity index (χ0v) is 11.2. The lowest BCUT2D eigenvalue weighted by molar-refractivity contribution is 0.178. The van der Waals surface area contributed by atoms with Crippen molar-refractivity contribution in [2.24, 2.45) is 7.05 Å². The fourth-order valence-corrected chi connectivity index (χ4v) is 1.99. The number of benzene rings is 1. The zero-order chi connectivity index (χ0) is 13.1. The Hall–Kier alpha value is -1.61. The average Bonchev–Trinajstić information content (AvgIpc) is 2.76. The van der Waals surface area contributed by atoms with Gasteiger partial charge in [0, 0.05) is 25.2 Å². The molecule has 0 saturated carbocycles. The summed E-state index contributed by atoms with van der Waals surface area (Å²) in [6.07, 6.45) is 3.72. The van der Waals surface area contributed by atoms with Crippen LogP contribution in [0.4, 0.5) is 0 Å². The molecule has 0 aliphatic carbocycles. The minimum Gasteiger partial charge on any atom is -0.388 e. The molecule has 1 heterocycles. The molecular weight excluding hydrogens is 224 g/mol. The molecule has 1 unspecified atom stereocenters. The first-order valence-electron chi connectivity index (χ1n) is 6.31. The van der Waals surface area contributed by atoms with Gasteiger partial charge in [0.2, 0.25) is 0 Å². The van der Waals surface area contributed by atoms with Crippen LogP contribution in [0.25, 0.3) is 0 Å². The average molecular weight is 244 g/mol. The summed E-state index contributed by atoms with van der Waals surface area (Å²) in [6.45, 7) is 4.36. The van der Waals surface area contributed by atoms with E-state index in [1.54, 1.807) is 10.9 Å². The zero-order valence-electron chi connectivity index (χ0n) is 11.2. The minimum absolute atomic E-state index is 0.483. The third-order valence-electron chi connectivity index (χ3n) is 3.19. The first-order valence-corrected chi connectivity index (χ1v) is 6.31. The normalized spacial score (nSPS) is 12.9. The third kappa shape index (κ3) is 2.99. The van der Waals surface area contributed by atoms with Crippen LogP contribution in [0.2, 0.25) is 0 Å². The molecule has 1 atom stereocenters. The van der Waals surface area contributed by atoms with Crippen molar-refractivity contribution in [3.63, 3.8) is 0 Å². The molecule has 2 aromatic rings. The van der Waals surface area contributed by atoms with E-state index in [9.17, 15) is 5.11 Å². The fourth-order valence-electron chi connectivity index (χ4n) is 1.99. The Bertz CT molecular complexity index is 499. The van der Waals surface area contributed by atoms with Crippen molar-refractivity contribution >= 4 is 0 Å². The Morgan fingerprint density at radius 2 is 1.83 bits per heavy atom. The van der Waals surface area contributed by atoms with Gasteiger partial charge in [0.25, 0.3) is 0 Å². The van der Waals surface area contributed by atoms with Crippen LogP contribution in [0.15, 0.2) is 36.7 Å². The van der Waals surface area contributed by atoms with E-state index in [1.807, 2.05) is 13.2 Å². The predicted molar refractivity (Wildman–Crippen MR) is 72.4 cm³/mol. The molecule has 96 valence electrons. The smallest absolute Gasteiger partial charge is 0.0860 e. The van der Waals surface area contributed by atoms with Crippen LogP contribution in [0.1, 0.15) is 42.6 Å². The highest BCUT2D eigenvalue weighted by atomic mass is 16.3. The van der Waals surface area contributed by atoms with Gasteiger partial charge in [0.05, 0.1) is 12.3 Å². The second kappa shape index (κ2) is 5.36. The number of aryl methyl sites for hydroxylation is 1. The lowest BCUT2D eigenvalue weighted by atomic mass is 9.98. The highest BCUT2D eigenvalue weighted by Gasteiger charge is 2.10. The summed E-state index contributed by atoms with van der Waals surface area (Å²) in [7, 11) is 1.85. The Labute approximate surface area is 108 Å². The molecular formula is C15H20N2O. The van der Waals surface area contributed by atoms with E-state index in [4.69, 9.17) is 0 Å². The number of aromatic nitrogens is 2. The van der Waals surface area contributed by atoms with E-state index in [0.29, 0.717) is 12.3 Å². The van der Waals surface area contributed by atoms with E-state index in [0.717, 1.165) is 11.1 Å². The van der Waals surface area contributed by atoms with Crippen LogP contribution in [0.3, 0.4) is 0 Å². The highest BCUT2D eigenvalue weighted by molar-refractivity contribution is 5.26. The standard InChI is InChI=1S/C15H20N2O/c1-11(2)13-6-4-12(5-7-13)8-15(18)14-9-16-17(3)10-14/h4-7,9-11,15,18H,8H2,1-3H3. The van der Waals surface area contributed by atoms with Crippen LogP contribution in [-0.2, 0) is 13.5 Å². The molecule has 0 bridgehead atoms. The van der Waals surface area contributed by atoms with Gasteiger partial charge < -0.3 is 5.11 Å². The predicted octanol–water partition coefficient (Wildman–Crippen LogP) is 2.82. The van der Waals surface area contributed by atoms with E-state index in [2.05, 4.69) is 43.2 Å². The van der Waals surface area contributed by atoms with Gasteiger partial charge in [-0.3, -0.25) is 4.68 Å². The molecule has 3 nitrogen and oxygen atoms in total. The van der Waals surface area contributed by atoms with Crippen molar-refractivity contribution in [1.82, 2.24) is 9.78 Å². The molecule has 2 rings (SSSR count). The Morgan fingerprint density at radius 1 is 1.17 bits per heavy atom. The number of hydrogen-bond donors (Lipinski definition) is 1. The first-order chi connectivity index (χ1) is 8.56. The van der Waals surface area contributed by atoms with E-state index in [1.165, 1.54) is 5.56 Å². The van der Waals surface area contributed by atoms with Gasteiger partial charge >= 0.3 is 0 Å². The van der Waals surface area contributed by atoms with Gasteiger partial charge in [-0.25, -0.2) is 0 Å². The molecule has 0 spiro atoms. The molecule has 1 N–H and O–H groups in total. The van der Waals surface area contributed by atoms with Crippen molar-refractivity contribution in [2.75, 3.05) is 0 Å². The van der Waals surface area contributed by atoms with Crippen molar-refractivity contribution < 1.29 is 5.11 Å². The summed E-state index contributed by atoms with van der Waals surface area (Å²) >= 11 is 0. The fraction of sp³-hybridized carbons (Fsp3) is 0.400. The van der Waals surface area contributed by atoms with Gasteiger partial charge in [-0.2, -0.15) is 5.10 Å². The van der Waals surface area contributed by atoms with Crippen molar-refractivity contribution in [1.29, 1.82) is 0 Å². The summed E-state index contributed by atoms with van der Waals surface area (Å²) in [5, 5.41) is 14.2. The van der Waals surface area contributed by atoms with Gasteiger partial charge in [-0.15, -0.1) is 0 Å². The topological polar surface area (TPSA) is 38.1 Å². The van der Waals surface area contributed by atoms with E-state index >= 15 is 0 Å². The molecule has 0 aliphatic heterocycles. The molecule has 0 amide bonds. The molecule has 1 aromatic heterocycles. The maximum atomic E-state index is 10.1. The number of nitrogens with zero attached hydrogens (tertiary/aromatic N) is 2. The number of aliphatic hydroxyl groups is 1. The number of rotatable bonds is 4. The van der Waals surface area contributed by atoms with Gasteiger partial charge in [-0.05, 0) is 17.0 Å². The molecule has 0 aliphatic rings. The maximum absolute atomic E-state index is 10.1. The maximum Gasteiger partial charge on any atom is 0.0860 e. The van der Waals surface area contributed by atoms with Crippen LogP contribution < -0.4 is 0 Å². The quantitative estimate of drug-likeness (QED) is 0.898. The monoisotopic (exact) mass is 244 g/mol. The van der Waals surface area contributed by atoms with Crippen LogP contribution >= 0.6 is 0 Å². The minimum atomic E-state index is -0.483. The molecule has 0 radical (unpaired) electrons. The van der Waals surface area contributed by atoms with Crippen LogP contribution in [0.5, 0.6) is 0 Å².